The van der Waals surface area contributed by atoms with Crippen molar-refractivity contribution < 1.29 is 18.7 Å². The highest BCUT2D eigenvalue weighted by Crippen LogP contribution is 2.46. The van der Waals surface area contributed by atoms with Gasteiger partial charge in [-0.25, -0.2) is 13.6 Å². The lowest BCUT2D eigenvalue weighted by Gasteiger charge is -2.49. The van der Waals surface area contributed by atoms with Gasteiger partial charge in [-0.05, 0) is 37.5 Å². The summed E-state index contributed by atoms with van der Waals surface area (Å²) >= 11 is 0. The lowest BCUT2D eigenvalue weighted by Crippen LogP contribution is -2.56. The van der Waals surface area contributed by atoms with Gasteiger partial charge in [0.15, 0.2) is 11.6 Å². The van der Waals surface area contributed by atoms with E-state index in [-0.39, 0.29) is 23.2 Å². The monoisotopic (exact) mass is 404 g/mol. The van der Waals surface area contributed by atoms with Gasteiger partial charge >= 0.3 is 5.97 Å². The van der Waals surface area contributed by atoms with Gasteiger partial charge in [-0.15, -0.1) is 0 Å². The molecule has 5 rings (SSSR count). The second-order valence-electron chi connectivity index (χ2n) is 8.51. The van der Waals surface area contributed by atoms with Gasteiger partial charge in [0.1, 0.15) is 5.56 Å². The Balaban J connectivity index is 1.73. The van der Waals surface area contributed by atoms with Crippen LogP contribution in [0.5, 0.6) is 0 Å². The number of piperidine rings is 1. The zero-order valence-electron chi connectivity index (χ0n) is 15.6. The van der Waals surface area contributed by atoms with E-state index in [1.54, 1.807) is 0 Å². The molecule has 154 valence electrons. The molecular weight excluding hydrogens is 382 g/mol. The van der Waals surface area contributed by atoms with Gasteiger partial charge in [0, 0.05) is 36.4 Å². The van der Waals surface area contributed by atoms with E-state index in [9.17, 15) is 14.7 Å². The minimum atomic E-state index is -1.45. The molecule has 1 aliphatic heterocycles. The van der Waals surface area contributed by atoms with Crippen LogP contribution in [0, 0.1) is 23.5 Å². The Morgan fingerprint density at radius 3 is 2.55 bits per heavy atom. The van der Waals surface area contributed by atoms with E-state index in [0.717, 1.165) is 25.5 Å². The summed E-state index contributed by atoms with van der Waals surface area (Å²) < 4.78 is 32.4. The van der Waals surface area contributed by atoms with E-state index in [0.29, 0.717) is 24.8 Å². The van der Waals surface area contributed by atoms with Crippen LogP contribution in [0.2, 0.25) is 0 Å². The summed E-state index contributed by atoms with van der Waals surface area (Å²) in [5.74, 6) is -2.68. The summed E-state index contributed by atoms with van der Waals surface area (Å²) in [6, 6.07) is -0.589. The van der Waals surface area contributed by atoms with Crippen LogP contribution in [0.1, 0.15) is 53.7 Å². The molecule has 29 heavy (non-hydrogen) atoms. The van der Waals surface area contributed by atoms with Crippen molar-refractivity contribution in [2.45, 2.75) is 43.8 Å². The minimum absolute atomic E-state index is 0.106. The number of nitrogens with zero attached hydrogens (tertiary/aromatic N) is 1. The highest BCUT2D eigenvalue weighted by atomic mass is 19.1. The van der Waals surface area contributed by atoms with Crippen LogP contribution in [-0.4, -0.2) is 28.2 Å². The van der Waals surface area contributed by atoms with E-state index in [1.807, 2.05) is 0 Å². The third kappa shape index (κ3) is 2.60. The smallest absolute Gasteiger partial charge is 0.341 e. The molecule has 0 spiro atoms. The van der Waals surface area contributed by atoms with Gasteiger partial charge in [-0.1, -0.05) is 0 Å². The van der Waals surface area contributed by atoms with Crippen molar-refractivity contribution in [2.24, 2.45) is 17.6 Å². The van der Waals surface area contributed by atoms with Crippen LogP contribution in [0.3, 0.4) is 0 Å². The fraction of sp³-hybridized carbons (Fsp3) is 0.500. The zero-order valence-corrected chi connectivity index (χ0v) is 15.6. The first-order chi connectivity index (χ1) is 13.8. The van der Waals surface area contributed by atoms with Crippen molar-refractivity contribution in [3.8, 4) is 0 Å². The Kier molecular flexibility index (Phi) is 3.98. The Labute approximate surface area is 164 Å². The third-order valence-corrected chi connectivity index (χ3v) is 6.81. The van der Waals surface area contributed by atoms with Crippen LogP contribution in [0.15, 0.2) is 11.0 Å². The van der Waals surface area contributed by atoms with E-state index >= 15 is 8.78 Å². The average Bonchev–Trinajstić information content (AvgIpc) is 3.50. The summed E-state index contributed by atoms with van der Waals surface area (Å²) in [7, 11) is 0. The number of carbonyl (C=O) groups is 1. The van der Waals surface area contributed by atoms with Crippen molar-refractivity contribution in [3.05, 3.63) is 39.2 Å². The molecular formula is C20H22F2N4O3. The highest BCUT2D eigenvalue weighted by Gasteiger charge is 2.44. The number of halogens is 2. The number of aromatic carboxylic acids is 1. The maximum atomic E-state index is 15.7. The number of pyridine rings is 1. The maximum Gasteiger partial charge on any atom is 0.341 e. The minimum Gasteiger partial charge on any atom is -0.477 e. The van der Waals surface area contributed by atoms with Crippen molar-refractivity contribution in [3.63, 3.8) is 0 Å². The molecule has 7 nitrogen and oxygen atoms in total. The Morgan fingerprint density at radius 1 is 1.24 bits per heavy atom. The number of carboxylic acid groups (broad SMARTS) is 1. The number of nitrogen functional groups attached to an aromatic ring is 1. The number of anilines is 1. The van der Waals surface area contributed by atoms with Crippen LogP contribution in [0.4, 0.5) is 14.5 Å². The summed E-state index contributed by atoms with van der Waals surface area (Å²) in [4.78, 5) is 24.2. The molecule has 3 fully saturated rings. The van der Waals surface area contributed by atoms with Gasteiger partial charge in [0.2, 0.25) is 5.43 Å². The quantitative estimate of drug-likeness (QED) is 0.580. The number of hydrogen-bond donors (Lipinski definition) is 4. The Morgan fingerprint density at radius 2 is 1.97 bits per heavy atom. The average molecular weight is 404 g/mol. The molecule has 2 saturated carbocycles. The summed E-state index contributed by atoms with van der Waals surface area (Å²) in [5, 5.41) is 12.1. The Hall–Kier alpha value is -2.52. The van der Waals surface area contributed by atoms with Crippen LogP contribution in [-0.2, 0) is 0 Å². The number of benzene rings is 1. The van der Waals surface area contributed by atoms with E-state index in [4.69, 9.17) is 11.5 Å². The standard InChI is InChI=1S/C20H22F2N4O3/c21-15-13(12-4-7-3-11(23)9(7)5-25-12)16(22)18-14(17(15)24)19(27)10(20(28)29)6-26(18)8-1-2-8/h6-9,11-12,25H,1-5,23-24H2,(H,28,29)/t7-,9+,11-,12?/m1/s1. The van der Waals surface area contributed by atoms with Gasteiger partial charge < -0.3 is 26.5 Å². The lowest BCUT2D eigenvalue weighted by molar-refractivity contribution is 0.0694. The van der Waals surface area contributed by atoms with E-state index in [2.05, 4.69) is 5.32 Å². The highest BCUT2D eigenvalue weighted by molar-refractivity contribution is 5.98. The second kappa shape index (κ2) is 6.24. The zero-order chi connectivity index (χ0) is 20.6. The molecule has 9 heteroatoms. The lowest BCUT2D eigenvalue weighted by atomic mass is 9.64. The molecule has 2 aromatic rings. The maximum absolute atomic E-state index is 15.7. The van der Waals surface area contributed by atoms with E-state index in [1.165, 1.54) is 4.57 Å². The number of hydrogen-bond acceptors (Lipinski definition) is 5. The first kappa shape index (κ1) is 18.5. The SMILES string of the molecule is Nc1c(F)c(C2C[C@H]3C[C@@H](N)[C@H]3CN2)c(F)c2c1c(=O)c(C(=O)O)cn2C1CC1. The van der Waals surface area contributed by atoms with Crippen molar-refractivity contribution >= 4 is 22.6 Å². The topological polar surface area (TPSA) is 123 Å². The molecule has 6 N–H and O–H groups in total. The number of nitrogens with two attached hydrogens (primary N) is 2. The first-order valence-corrected chi connectivity index (χ1v) is 9.87. The van der Waals surface area contributed by atoms with Gasteiger partial charge in [0.05, 0.1) is 16.6 Å². The molecule has 4 atom stereocenters. The van der Waals surface area contributed by atoms with Crippen LogP contribution in [0.25, 0.3) is 10.9 Å². The second-order valence-corrected chi connectivity index (χ2v) is 8.51. The third-order valence-electron chi connectivity index (χ3n) is 6.81. The van der Waals surface area contributed by atoms with Crippen LogP contribution < -0.4 is 22.2 Å². The number of fused-ring (bicyclic) bond motifs is 2. The normalized spacial score (nSPS) is 28.8. The van der Waals surface area contributed by atoms with Crippen molar-refractivity contribution in [2.75, 3.05) is 12.3 Å². The number of carboxylic acids is 1. The molecule has 2 heterocycles. The number of nitrogens with one attached hydrogen (secondary N) is 1. The fourth-order valence-electron chi connectivity index (χ4n) is 5.01. The van der Waals surface area contributed by atoms with Crippen molar-refractivity contribution in [1.82, 2.24) is 9.88 Å². The van der Waals surface area contributed by atoms with Gasteiger partial charge in [-0.3, -0.25) is 4.79 Å². The molecule has 0 radical (unpaired) electrons. The first-order valence-electron chi connectivity index (χ1n) is 9.87. The van der Waals surface area contributed by atoms with Gasteiger partial charge in [-0.2, -0.15) is 0 Å². The molecule has 0 amide bonds. The molecule has 3 aliphatic rings. The number of aromatic nitrogens is 1. The van der Waals surface area contributed by atoms with Gasteiger partial charge in [0.25, 0.3) is 0 Å². The predicted molar refractivity (Wildman–Crippen MR) is 103 cm³/mol. The molecule has 1 saturated heterocycles. The Bertz CT molecular complexity index is 1110. The van der Waals surface area contributed by atoms with E-state index < -0.39 is 45.7 Å². The largest absolute Gasteiger partial charge is 0.477 e. The number of rotatable bonds is 3. The van der Waals surface area contributed by atoms with Crippen LogP contribution >= 0.6 is 0 Å². The molecule has 1 unspecified atom stereocenters. The predicted octanol–water partition coefficient (Wildman–Crippen LogP) is 1.89. The molecule has 1 aromatic heterocycles. The summed E-state index contributed by atoms with van der Waals surface area (Å²) in [6.45, 7) is 0.570. The summed E-state index contributed by atoms with van der Waals surface area (Å²) in [6.07, 6.45) is 3.98. The summed E-state index contributed by atoms with van der Waals surface area (Å²) in [5.41, 5.74) is 9.68. The molecule has 2 aliphatic carbocycles. The molecule has 0 bridgehead atoms. The van der Waals surface area contributed by atoms with Crippen molar-refractivity contribution in [1.29, 1.82) is 0 Å². The fourth-order valence-corrected chi connectivity index (χ4v) is 5.01. The molecule has 1 aromatic carbocycles.